The number of aromatic nitrogens is 1. The van der Waals surface area contributed by atoms with Crippen LogP contribution in [0.15, 0.2) is 24.4 Å². The van der Waals surface area contributed by atoms with Crippen molar-refractivity contribution in [3.63, 3.8) is 0 Å². The van der Waals surface area contributed by atoms with Crippen LogP contribution in [0.3, 0.4) is 0 Å². The van der Waals surface area contributed by atoms with Crippen molar-refractivity contribution in [1.82, 2.24) is 4.57 Å². The monoisotopic (exact) mass is 247 g/mol. The fourth-order valence-electron chi connectivity index (χ4n) is 1.87. The highest BCUT2D eigenvalue weighted by atomic mass is 16.5. The Morgan fingerprint density at radius 2 is 2.00 bits per heavy atom. The Balaban J connectivity index is 2.55. The van der Waals surface area contributed by atoms with Gasteiger partial charge in [0.1, 0.15) is 5.75 Å². The van der Waals surface area contributed by atoms with Gasteiger partial charge in [-0.05, 0) is 12.1 Å². The molecule has 0 aliphatic carbocycles. The average molecular weight is 247 g/mol. The van der Waals surface area contributed by atoms with Crippen LogP contribution in [0.1, 0.15) is 17.3 Å². The molecule has 5 nitrogen and oxygen atoms in total. The first-order valence-corrected chi connectivity index (χ1v) is 5.38. The lowest BCUT2D eigenvalue weighted by molar-refractivity contribution is -0.131. The number of aryl methyl sites for hydroxylation is 1. The van der Waals surface area contributed by atoms with Gasteiger partial charge < -0.3 is 14.0 Å². The van der Waals surface area contributed by atoms with E-state index >= 15 is 0 Å². The molecule has 1 heterocycles. The van der Waals surface area contributed by atoms with Crippen LogP contribution < -0.4 is 4.74 Å². The van der Waals surface area contributed by atoms with Crippen molar-refractivity contribution < 1.29 is 19.1 Å². The van der Waals surface area contributed by atoms with Crippen molar-refractivity contribution in [1.29, 1.82) is 0 Å². The zero-order chi connectivity index (χ0) is 13.3. The maximum absolute atomic E-state index is 11.6. The molecule has 94 valence electrons. The third-order valence-electron chi connectivity index (χ3n) is 2.63. The van der Waals surface area contributed by atoms with Crippen LogP contribution in [0.4, 0.5) is 0 Å². The molecule has 0 spiro atoms. The number of methoxy groups -OCH3 is 1. The molecule has 0 bridgehead atoms. The Bertz CT molecular complexity index is 627. The molecule has 0 unspecified atom stereocenters. The van der Waals surface area contributed by atoms with Crippen LogP contribution in [0.25, 0.3) is 10.9 Å². The summed E-state index contributed by atoms with van der Waals surface area (Å²) in [4.78, 5) is 22.5. The normalized spacial score (nSPS) is 10.4. The van der Waals surface area contributed by atoms with Crippen LogP contribution in [-0.4, -0.2) is 23.6 Å². The number of hydrogen-bond donors (Lipinski definition) is 0. The largest absolute Gasteiger partial charge is 0.465 e. The summed E-state index contributed by atoms with van der Waals surface area (Å²) in [6.45, 7) is 1.34. The van der Waals surface area contributed by atoms with E-state index < -0.39 is 0 Å². The lowest BCUT2D eigenvalue weighted by Crippen LogP contribution is -2.01. The van der Waals surface area contributed by atoms with Crippen LogP contribution in [-0.2, 0) is 16.6 Å². The van der Waals surface area contributed by atoms with Crippen molar-refractivity contribution in [3.05, 3.63) is 30.0 Å². The molecule has 18 heavy (non-hydrogen) atoms. The number of esters is 2. The SMILES string of the molecule is COC(=O)c1cn(C)c2cc(OC(C)=O)ccc12. The standard InChI is InChI=1S/C13H13NO4/c1-8(15)18-9-4-5-10-11(13(16)17-3)7-14(2)12(10)6-9/h4-7H,1-3H3. The molecule has 1 aromatic heterocycles. The van der Waals surface area contributed by atoms with Crippen molar-refractivity contribution in [2.45, 2.75) is 6.92 Å². The smallest absolute Gasteiger partial charge is 0.340 e. The Morgan fingerprint density at radius 1 is 1.28 bits per heavy atom. The van der Waals surface area contributed by atoms with E-state index in [9.17, 15) is 9.59 Å². The highest BCUT2D eigenvalue weighted by Gasteiger charge is 2.14. The van der Waals surface area contributed by atoms with Gasteiger partial charge in [0.05, 0.1) is 18.2 Å². The summed E-state index contributed by atoms with van der Waals surface area (Å²) in [5.41, 5.74) is 1.29. The molecule has 1 aromatic carbocycles. The minimum Gasteiger partial charge on any atom is -0.465 e. The highest BCUT2D eigenvalue weighted by molar-refractivity contribution is 6.04. The quantitative estimate of drug-likeness (QED) is 0.600. The molecule has 2 aromatic rings. The van der Waals surface area contributed by atoms with Gasteiger partial charge in [-0.15, -0.1) is 0 Å². The van der Waals surface area contributed by atoms with Gasteiger partial charge in [0.2, 0.25) is 0 Å². The molecular weight excluding hydrogens is 234 g/mol. The van der Waals surface area contributed by atoms with Gasteiger partial charge >= 0.3 is 11.9 Å². The maximum Gasteiger partial charge on any atom is 0.340 e. The molecule has 2 rings (SSSR count). The second kappa shape index (κ2) is 4.52. The highest BCUT2D eigenvalue weighted by Crippen LogP contribution is 2.25. The fourth-order valence-corrected chi connectivity index (χ4v) is 1.87. The van der Waals surface area contributed by atoms with Gasteiger partial charge in [0, 0.05) is 31.6 Å². The van der Waals surface area contributed by atoms with E-state index in [0.717, 1.165) is 10.9 Å². The van der Waals surface area contributed by atoms with Gasteiger partial charge in [-0.25, -0.2) is 4.79 Å². The second-order valence-electron chi connectivity index (χ2n) is 3.92. The third-order valence-corrected chi connectivity index (χ3v) is 2.63. The van der Waals surface area contributed by atoms with Crippen molar-refractivity contribution in [3.8, 4) is 5.75 Å². The van der Waals surface area contributed by atoms with Crippen molar-refractivity contribution in [2.24, 2.45) is 7.05 Å². The van der Waals surface area contributed by atoms with Crippen LogP contribution in [0.5, 0.6) is 5.75 Å². The summed E-state index contributed by atoms with van der Waals surface area (Å²) >= 11 is 0. The maximum atomic E-state index is 11.6. The Kier molecular flexibility index (Phi) is 3.06. The van der Waals surface area contributed by atoms with E-state index in [1.165, 1.54) is 14.0 Å². The number of carbonyl (C=O) groups is 2. The van der Waals surface area contributed by atoms with E-state index in [4.69, 9.17) is 9.47 Å². The van der Waals surface area contributed by atoms with Crippen LogP contribution >= 0.6 is 0 Å². The van der Waals surface area contributed by atoms with Gasteiger partial charge in [-0.2, -0.15) is 0 Å². The van der Waals surface area contributed by atoms with Crippen LogP contribution in [0.2, 0.25) is 0 Å². The fraction of sp³-hybridized carbons (Fsp3) is 0.231. The Labute approximate surface area is 104 Å². The zero-order valence-corrected chi connectivity index (χ0v) is 10.4. The summed E-state index contributed by atoms with van der Waals surface area (Å²) in [7, 11) is 3.15. The van der Waals surface area contributed by atoms with E-state index in [1.807, 2.05) is 7.05 Å². The van der Waals surface area contributed by atoms with Gasteiger partial charge in [0.25, 0.3) is 0 Å². The van der Waals surface area contributed by atoms with E-state index in [0.29, 0.717) is 11.3 Å². The van der Waals surface area contributed by atoms with Gasteiger partial charge in [-0.1, -0.05) is 0 Å². The minimum atomic E-state index is -0.388. The van der Waals surface area contributed by atoms with E-state index in [-0.39, 0.29) is 11.9 Å². The number of hydrogen-bond acceptors (Lipinski definition) is 4. The number of benzene rings is 1. The predicted molar refractivity (Wildman–Crippen MR) is 65.6 cm³/mol. The molecule has 0 atom stereocenters. The predicted octanol–water partition coefficient (Wildman–Crippen LogP) is 1.89. The first-order valence-electron chi connectivity index (χ1n) is 5.38. The molecule has 0 saturated heterocycles. The van der Waals surface area contributed by atoms with E-state index in [1.54, 1.807) is 29.0 Å². The Hall–Kier alpha value is -2.30. The van der Waals surface area contributed by atoms with E-state index in [2.05, 4.69) is 0 Å². The van der Waals surface area contributed by atoms with Crippen molar-refractivity contribution in [2.75, 3.05) is 7.11 Å². The molecule has 0 radical (unpaired) electrons. The van der Waals surface area contributed by atoms with Gasteiger partial charge in [0.15, 0.2) is 0 Å². The first-order chi connectivity index (χ1) is 8.52. The summed E-state index contributed by atoms with van der Waals surface area (Å²) in [5.74, 6) is -0.315. The number of fused-ring (bicyclic) bond motifs is 1. The molecule has 0 N–H and O–H groups in total. The molecule has 5 heteroatoms. The third kappa shape index (κ3) is 2.07. The number of nitrogens with zero attached hydrogens (tertiary/aromatic N) is 1. The minimum absolute atomic E-state index is 0.378. The molecule has 0 fully saturated rings. The first kappa shape index (κ1) is 12.2. The number of ether oxygens (including phenoxy) is 2. The summed E-state index contributed by atoms with van der Waals surface area (Å²) in [6, 6.07) is 5.10. The molecule has 0 amide bonds. The number of rotatable bonds is 2. The Morgan fingerprint density at radius 3 is 2.61 bits per heavy atom. The summed E-state index contributed by atoms with van der Waals surface area (Å²) in [6.07, 6.45) is 1.69. The zero-order valence-electron chi connectivity index (χ0n) is 10.4. The van der Waals surface area contributed by atoms with Crippen molar-refractivity contribution >= 4 is 22.8 Å². The summed E-state index contributed by atoms with van der Waals surface area (Å²) in [5, 5.41) is 0.764. The average Bonchev–Trinajstić information content (AvgIpc) is 2.65. The molecule has 0 saturated carbocycles. The topological polar surface area (TPSA) is 57.5 Å². The molecule has 0 aliphatic heterocycles. The molecular formula is C13H13NO4. The summed E-state index contributed by atoms with van der Waals surface area (Å²) < 4.78 is 11.5. The molecule has 0 aliphatic rings. The van der Waals surface area contributed by atoms with Crippen LogP contribution in [0, 0.1) is 0 Å². The lowest BCUT2D eigenvalue weighted by atomic mass is 10.2. The number of carbonyl (C=O) groups excluding carboxylic acids is 2. The second-order valence-corrected chi connectivity index (χ2v) is 3.92. The lowest BCUT2D eigenvalue weighted by Gasteiger charge is -2.02. The van der Waals surface area contributed by atoms with Gasteiger partial charge in [-0.3, -0.25) is 4.79 Å².